The lowest BCUT2D eigenvalue weighted by molar-refractivity contribution is 0.824. The Kier molecular flexibility index (Phi) is 3.89. The molecule has 2 heterocycles. The minimum atomic E-state index is 0.664. The van der Waals surface area contributed by atoms with E-state index in [2.05, 4.69) is 32.0 Å². The van der Waals surface area contributed by atoms with Gasteiger partial charge in [-0.15, -0.1) is 0 Å². The lowest BCUT2D eigenvalue weighted by Crippen LogP contribution is -1.99. The molecule has 0 amide bonds. The fourth-order valence-electron chi connectivity index (χ4n) is 2.64. The van der Waals surface area contributed by atoms with Crippen LogP contribution in [0.3, 0.4) is 0 Å². The first kappa shape index (κ1) is 14.7. The topological polar surface area (TPSA) is 42.7 Å². The van der Waals surface area contributed by atoms with Crippen molar-refractivity contribution >= 4 is 34.1 Å². The summed E-state index contributed by atoms with van der Waals surface area (Å²) in [6, 6.07) is 19.9. The molecule has 0 saturated heterocycles. The lowest BCUT2D eigenvalue weighted by atomic mass is 10.2. The summed E-state index contributed by atoms with van der Waals surface area (Å²) in [5.41, 5.74) is 3.97. The van der Waals surface area contributed by atoms with Gasteiger partial charge in [0.05, 0.1) is 28.8 Å². The van der Waals surface area contributed by atoms with Crippen LogP contribution < -0.4 is 5.32 Å². The van der Waals surface area contributed by atoms with Crippen molar-refractivity contribution in [1.82, 2.24) is 14.5 Å². The number of hydrogen-bond donors (Lipinski definition) is 1. The normalized spacial score (nSPS) is 10.9. The van der Waals surface area contributed by atoms with E-state index in [0.717, 1.165) is 29.1 Å². The molecule has 0 bridgehead atoms. The number of aromatic nitrogens is 3. The summed E-state index contributed by atoms with van der Waals surface area (Å²) in [7, 11) is 0. The molecule has 5 heteroatoms. The molecule has 0 saturated carbocycles. The highest BCUT2D eigenvalue weighted by Crippen LogP contribution is 2.25. The van der Waals surface area contributed by atoms with Crippen molar-refractivity contribution in [2.24, 2.45) is 0 Å². The number of pyridine rings is 1. The molecule has 2 aromatic heterocycles. The van der Waals surface area contributed by atoms with Crippen LogP contribution in [0.15, 0.2) is 73.2 Å². The van der Waals surface area contributed by atoms with E-state index in [4.69, 9.17) is 11.6 Å². The second kappa shape index (κ2) is 6.34. The van der Waals surface area contributed by atoms with E-state index >= 15 is 0 Å². The van der Waals surface area contributed by atoms with Crippen molar-refractivity contribution in [3.8, 4) is 0 Å². The number of halogens is 1. The number of anilines is 2. The SMILES string of the molecule is Clc1ccccc1Nc1cc2c(cn1)ncn2Cc1ccccc1. The van der Waals surface area contributed by atoms with E-state index in [9.17, 15) is 0 Å². The van der Waals surface area contributed by atoms with E-state index in [1.165, 1.54) is 5.56 Å². The predicted molar refractivity (Wildman–Crippen MR) is 97.8 cm³/mol. The maximum absolute atomic E-state index is 6.20. The molecule has 118 valence electrons. The Morgan fingerprint density at radius 3 is 2.58 bits per heavy atom. The highest BCUT2D eigenvalue weighted by molar-refractivity contribution is 6.33. The molecule has 0 radical (unpaired) electrons. The molecular formula is C19H15ClN4. The van der Waals surface area contributed by atoms with Crippen LogP contribution in [-0.4, -0.2) is 14.5 Å². The van der Waals surface area contributed by atoms with Gasteiger partial charge in [-0.1, -0.05) is 54.1 Å². The molecule has 4 aromatic rings. The lowest BCUT2D eigenvalue weighted by Gasteiger charge is -2.09. The zero-order valence-corrected chi connectivity index (χ0v) is 13.6. The van der Waals surface area contributed by atoms with Crippen molar-refractivity contribution in [3.63, 3.8) is 0 Å². The fourth-order valence-corrected chi connectivity index (χ4v) is 2.82. The molecule has 0 unspecified atom stereocenters. The summed E-state index contributed by atoms with van der Waals surface area (Å²) in [5, 5.41) is 3.93. The van der Waals surface area contributed by atoms with E-state index in [-0.39, 0.29) is 0 Å². The third kappa shape index (κ3) is 2.96. The average molecular weight is 335 g/mol. The highest BCUT2D eigenvalue weighted by Gasteiger charge is 2.07. The summed E-state index contributed by atoms with van der Waals surface area (Å²) in [5.74, 6) is 0.741. The van der Waals surface area contributed by atoms with Crippen molar-refractivity contribution < 1.29 is 0 Å². The highest BCUT2D eigenvalue weighted by atomic mass is 35.5. The Bertz CT molecular complexity index is 979. The maximum atomic E-state index is 6.20. The molecule has 0 aliphatic carbocycles. The second-order valence-corrected chi connectivity index (χ2v) is 5.93. The van der Waals surface area contributed by atoms with Gasteiger partial charge < -0.3 is 9.88 Å². The van der Waals surface area contributed by atoms with Crippen LogP contribution in [-0.2, 0) is 6.54 Å². The first-order valence-electron chi connectivity index (χ1n) is 7.66. The molecule has 0 spiro atoms. The molecule has 0 atom stereocenters. The van der Waals surface area contributed by atoms with Crippen molar-refractivity contribution in [1.29, 1.82) is 0 Å². The molecular weight excluding hydrogens is 320 g/mol. The molecule has 2 aromatic carbocycles. The van der Waals surface area contributed by atoms with Gasteiger partial charge in [-0.05, 0) is 17.7 Å². The molecule has 1 N–H and O–H groups in total. The van der Waals surface area contributed by atoms with E-state index in [0.29, 0.717) is 5.02 Å². The Hall–Kier alpha value is -2.85. The van der Waals surface area contributed by atoms with Crippen LogP contribution in [0.1, 0.15) is 5.56 Å². The number of benzene rings is 2. The number of nitrogens with one attached hydrogen (secondary N) is 1. The van der Waals surface area contributed by atoms with Crippen LogP contribution >= 0.6 is 11.6 Å². The second-order valence-electron chi connectivity index (χ2n) is 5.52. The maximum Gasteiger partial charge on any atom is 0.132 e. The molecule has 4 nitrogen and oxygen atoms in total. The summed E-state index contributed by atoms with van der Waals surface area (Å²) in [6.07, 6.45) is 3.62. The van der Waals surface area contributed by atoms with Gasteiger partial charge in [-0.3, -0.25) is 0 Å². The van der Waals surface area contributed by atoms with E-state index in [1.54, 1.807) is 6.20 Å². The largest absolute Gasteiger partial charge is 0.339 e. The molecule has 0 aliphatic heterocycles. The van der Waals surface area contributed by atoms with Crippen LogP contribution in [0.2, 0.25) is 5.02 Å². The van der Waals surface area contributed by atoms with Gasteiger partial charge in [0.25, 0.3) is 0 Å². The Morgan fingerprint density at radius 1 is 0.958 bits per heavy atom. The predicted octanol–water partition coefficient (Wildman–Crippen LogP) is 4.88. The monoisotopic (exact) mass is 334 g/mol. The minimum Gasteiger partial charge on any atom is -0.339 e. The average Bonchev–Trinajstić information content (AvgIpc) is 3.00. The summed E-state index contributed by atoms with van der Waals surface area (Å²) >= 11 is 6.20. The van der Waals surface area contributed by atoms with Crippen LogP contribution in [0.25, 0.3) is 11.0 Å². The number of para-hydroxylation sites is 1. The van der Waals surface area contributed by atoms with Gasteiger partial charge in [-0.25, -0.2) is 9.97 Å². The smallest absolute Gasteiger partial charge is 0.132 e. The van der Waals surface area contributed by atoms with E-state index < -0.39 is 0 Å². The van der Waals surface area contributed by atoms with Crippen molar-refractivity contribution in [2.45, 2.75) is 6.54 Å². The molecule has 0 aliphatic rings. The zero-order valence-electron chi connectivity index (χ0n) is 12.9. The van der Waals surface area contributed by atoms with Gasteiger partial charge in [-0.2, -0.15) is 0 Å². The Morgan fingerprint density at radius 2 is 1.75 bits per heavy atom. The third-order valence-corrected chi connectivity index (χ3v) is 4.17. The Labute approximate surface area is 144 Å². The molecule has 24 heavy (non-hydrogen) atoms. The van der Waals surface area contributed by atoms with Crippen LogP contribution in [0.5, 0.6) is 0 Å². The first-order chi connectivity index (χ1) is 11.8. The number of fused-ring (bicyclic) bond motifs is 1. The standard InChI is InChI=1S/C19H15ClN4/c20-15-8-4-5-9-16(15)23-19-10-18-17(11-21-19)22-13-24(18)12-14-6-2-1-3-7-14/h1-11,13H,12H2,(H,21,23). The number of hydrogen-bond acceptors (Lipinski definition) is 3. The van der Waals surface area contributed by atoms with Crippen molar-refractivity contribution in [3.05, 3.63) is 83.8 Å². The Balaban J connectivity index is 1.67. The summed E-state index contributed by atoms with van der Waals surface area (Å²) in [6.45, 7) is 0.771. The van der Waals surface area contributed by atoms with Crippen LogP contribution in [0.4, 0.5) is 11.5 Å². The van der Waals surface area contributed by atoms with Gasteiger partial charge in [0.15, 0.2) is 0 Å². The van der Waals surface area contributed by atoms with Crippen LogP contribution in [0, 0.1) is 0 Å². The zero-order chi connectivity index (χ0) is 16.4. The number of rotatable bonds is 4. The summed E-state index contributed by atoms with van der Waals surface area (Å²) in [4.78, 5) is 8.85. The van der Waals surface area contributed by atoms with Gasteiger partial charge in [0, 0.05) is 12.6 Å². The fraction of sp³-hybridized carbons (Fsp3) is 0.0526. The molecule has 0 fully saturated rings. The quantitative estimate of drug-likeness (QED) is 0.578. The first-order valence-corrected chi connectivity index (χ1v) is 8.04. The third-order valence-electron chi connectivity index (χ3n) is 3.84. The number of nitrogens with zero attached hydrogens (tertiary/aromatic N) is 3. The molecule has 4 rings (SSSR count). The van der Waals surface area contributed by atoms with E-state index in [1.807, 2.05) is 54.9 Å². The minimum absolute atomic E-state index is 0.664. The van der Waals surface area contributed by atoms with Crippen molar-refractivity contribution in [2.75, 3.05) is 5.32 Å². The number of imidazole rings is 1. The van der Waals surface area contributed by atoms with Gasteiger partial charge >= 0.3 is 0 Å². The van der Waals surface area contributed by atoms with Gasteiger partial charge in [0.2, 0.25) is 0 Å². The summed E-state index contributed by atoms with van der Waals surface area (Å²) < 4.78 is 2.12. The van der Waals surface area contributed by atoms with Gasteiger partial charge in [0.1, 0.15) is 11.3 Å².